The van der Waals surface area contributed by atoms with Gasteiger partial charge in [0.2, 0.25) is 0 Å². The van der Waals surface area contributed by atoms with E-state index in [0.29, 0.717) is 11.3 Å². The maximum absolute atomic E-state index is 13.7. The van der Waals surface area contributed by atoms with Crippen LogP contribution in [0.25, 0.3) is 6.08 Å². The van der Waals surface area contributed by atoms with Crippen molar-refractivity contribution in [2.75, 3.05) is 7.11 Å². The molecule has 0 spiro atoms. The number of nitrogens with zero attached hydrogens (tertiary/aromatic N) is 2. The van der Waals surface area contributed by atoms with Crippen LogP contribution in [-0.2, 0) is 0 Å². The summed E-state index contributed by atoms with van der Waals surface area (Å²) < 4.78 is 32.3. The lowest BCUT2D eigenvalue weighted by atomic mass is 9.77. The monoisotopic (exact) mass is 458 g/mol. The van der Waals surface area contributed by atoms with Gasteiger partial charge in [-0.05, 0) is 90.6 Å². The van der Waals surface area contributed by atoms with Crippen molar-refractivity contribution in [3.63, 3.8) is 0 Å². The molecule has 1 aliphatic carbocycles. The van der Waals surface area contributed by atoms with Crippen molar-refractivity contribution in [2.45, 2.75) is 25.3 Å². The number of fused-ring (bicyclic) bond motifs is 1. The quantitative estimate of drug-likeness (QED) is 0.453. The topological polar surface area (TPSA) is 41.9 Å². The average molecular weight is 459 g/mol. The highest BCUT2D eigenvalue weighted by atomic mass is 19.1. The van der Waals surface area contributed by atoms with Gasteiger partial charge >= 0.3 is 0 Å². The van der Waals surface area contributed by atoms with Crippen molar-refractivity contribution < 1.29 is 18.3 Å². The van der Waals surface area contributed by atoms with Crippen LogP contribution in [0.15, 0.2) is 83.5 Å². The van der Waals surface area contributed by atoms with Crippen molar-refractivity contribution in [3.05, 3.63) is 107 Å². The highest BCUT2D eigenvalue weighted by Crippen LogP contribution is 2.45. The summed E-state index contributed by atoms with van der Waals surface area (Å²) in [5, 5.41) is 6.38. The van der Waals surface area contributed by atoms with E-state index in [1.165, 1.54) is 24.3 Å². The number of carbonyl (C=O) groups excluding carboxylic acids is 1. The van der Waals surface area contributed by atoms with Crippen LogP contribution in [0, 0.1) is 17.6 Å². The predicted molar refractivity (Wildman–Crippen MR) is 127 cm³/mol. The number of ether oxygens (including phenoxy) is 1. The summed E-state index contributed by atoms with van der Waals surface area (Å²) in [6.45, 7) is 0. The molecular weight excluding hydrogens is 434 g/mol. The molecule has 1 aliphatic heterocycles. The second kappa shape index (κ2) is 9.21. The Morgan fingerprint density at radius 1 is 0.971 bits per heavy atom. The van der Waals surface area contributed by atoms with Gasteiger partial charge in [-0.3, -0.25) is 4.79 Å². The molecule has 34 heavy (non-hydrogen) atoms. The van der Waals surface area contributed by atoms with Crippen LogP contribution < -0.4 is 4.74 Å². The van der Waals surface area contributed by atoms with E-state index in [2.05, 4.69) is 0 Å². The maximum atomic E-state index is 13.7. The Balaban J connectivity index is 1.56. The molecule has 6 heteroatoms. The second-order valence-electron chi connectivity index (χ2n) is 8.58. The van der Waals surface area contributed by atoms with Crippen molar-refractivity contribution >= 4 is 17.7 Å². The lowest BCUT2D eigenvalue weighted by molar-refractivity contribution is 0.0681. The fourth-order valence-electron chi connectivity index (χ4n) is 4.79. The van der Waals surface area contributed by atoms with Crippen LogP contribution in [0.2, 0.25) is 0 Å². The molecule has 5 rings (SSSR count). The summed E-state index contributed by atoms with van der Waals surface area (Å²) in [5.74, 6) is -0.170. The van der Waals surface area contributed by atoms with Crippen molar-refractivity contribution in [3.8, 4) is 5.75 Å². The summed E-state index contributed by atoms with van der Waals surface area (Å²) in [4.78, 5) is 13.6. The molecule has 0 radical (unpaired) electrons. The van der Waals surface area contributed by atoms with E-state index < -0.39 is 0 Å². The van der Waals surface area contributed by atoms with Crippen LogP contribution in [0.4, 0.5) is 8.78 Å². The molecule has 0 N–H and O–H groups in total. The minimum Gasteiger partial charge on any atom is -0.497 e. The van der Waals surface area contributed by atoms with E-state index in [1.54, 1.807) is 60.6 Å². The Labute approximate surface area is 197 Å². The number of rotatable bonds is 4. The molecule has 2 unspecified atom stereocenters. The summed E-state index contributed by atoms with van der Waals surface area (Å²) in [5.41, 5.74) is 4.14. The summed E-state index contributed by atoms with van der Waals surface area (Å²) >= 11 is 0. The minimum absolute atomic E-state index is 0.00638. The van der Waals surface area contributed by atoms with Gasteiger partial charge in [0.25, 0.3) is 5.91 Å². The van der Waals surface area contributed by atoms with Gasteiger partial charge in [0.1, 0.15) is 17.4 Å². The van der Waals surface area contributed by atoms with Gasteiger partial charge in [0.15, 0.2) is 0 Å². The SMILES string of the molecule is COc1ccc(C(=O)N2N=C3/C(=C/c4ccc(F)cc4)CCCC3C2c2ccc(F)cc2)cc1. The van der Waals surface area contributed by atoms with Crippen LogP contribution in [-0.4, -0.2) is 23.7 Å². The average Bonchev–Trinajstić information content (AvgIpc) is 3.26. The smallest absolute Gasteiger partial charge is 0.274 e. The lowest BCUT2D eigenvalue weighted by Crippen LogP contribution is -2.31. The first-order chi connectivity index (χ1) is 16.5. The molecule has 0 bridgehead atoms. The fourth-order valence-corrected chi connectivity index (χ4v) is 4.79. The van der Waals surface area contributed by atoms with E-state index >= 15 is 0 Å². The molecule has 2 aliphatic rings. The summed E-state index contributed by atoms with van der Waals surface area (Å²) in [6, 6.07) is 19.2. The molecule has 0 aromatic heterocycles. The van der Waals surface area contributed by atoms with Gasteiger partial charge in [-0.25, -0.2) is 13.8 Å². The number of carbonyl (C=O) groups is 1. The Kier molecular flexibility index (Phi) is 5.97. The molecule has 1 fully saturated rings. The largest absolute Gasteiger partial charge is 0.497 e. The minimum atomic E-state index is -0.331. The fraction of sp³-hybridized carbons (Fsp3) is 0.214. The molecule has 1 saturated carbocycles. The number of benzene rings is 3. The number of allylic oxidation sites excluding steroid dienone is 1. The zero-order valence-corrected chi connectivity index (χ0v) is 18.7. The number of amides is 1. The number of halogens is 2. The molecule has 2 atom stereocenters. The van der Waals surface area contributed by atoms with Gasteiger partial charge < -0.3 is 4.74 Å². The van der Waals surface area contributed by atoms with E-state index in [0.717, 1.165) is 41.7 Å². The Morgan fingerprint density at radius 2 is 1.62 bits per heavy atom. The van der Waals surface area contributed by atoms with E-state index in [1.807, 2.05) is 6.08 Å². The number of hydrogen-bond donors (Lipinski definition) is 0. The number of hydrazone groups is 1. The molecule has 3 aromatic carbocycles. The Bertz CT molecular complexity index is 1250. The highest BCUT2D eigenvalue weighted by Gasteiger charge is 2.43. The maximum Gasteiger partial charge on any atom is 0.274 e. The molecule has 4 nitrogen and oxygen atoms in total. The molecule has 3 aromatic rings. The van der Waals surface area contributed by atoms with Gasteiger partial charge in [-0.15, -0.1) is 0 Å². The van der Waals surface area contributed by atoms with Gasteiger partial charge in [-0.1, -0.05) is 24.3 Å². The van der Waals surface area contributed by atoms with Crippen LogP contribution in [0.1, 0.15) is 46.8 Å². The Hall–Kier alpha value is -3.80. The van der Waals surface area contributed by atoms with Crippen LogP contribution in [0.3, 0.4) is 0 Å². The molecular formula is C28H24F2N2O2. The highest BCUT2D eigenvalue weighted by molar-refractivity contribution is 6.09. The third-order valence-corrected chi connectivity index (χ3v) is 6.47. The number of hydrogen-bond acceptors (Lipinski definition) is 3. The second-order valence-corrected chi connectivity index (χ2v) is 8.58. The normalized spacial score (nSPS) is 20.7. The van der Waals surface area contributed by atoms with Crippen molar-refractivity contribution in [1.29, 1.82) is 0 Å². The molecule has 1 heterocycles. The summed E-state index contributed by atoms with van der Waals surface area (Å²) in [7, 11) is 1.58. The van der Waals surface area contributed by atoms with Crippen LogP contribution in [0.5, 0.6) is 5.75 Å². The third kappa shape index (κ3) is 4.23. The Morgan fingerprint density at radius 3 is 2.26 bits per heavy atom. The zero-order valence-electron chi connectivity index (χ0n) is 18.7. The van der Waals surface area contributed by atoms with Crippen LogP contribution >= 0.6 is 0 Å². The van der Waals surface area contributed by atoms with Crippen molar-refractivity contribution in [2.24, 2.45) is 11.0 Å². The van der Waals surface area contributed by atoms with E-state index in [-0.39, 0.29) is 29.5 Å². The van der Waals surface area contributed by atoms with Gasteiger partial charge in [0.05, 0.1) is 18.9 Å². The molecule has 1 amide bonds. The first-order valence-electron chi connectivity index (χ1n) is 11.3. The predicted octanol–water partition coefficient (Wildman–Crippen LogP) is 6.41. The van der Waals surface area contributed by atoms with Crippen molar-refractivity contribution in [1.82, 2.24) is 5.01 Å². The first-order valence-corrected chi connectivity index (χ1v) is 11.3. The standard InChI is InChI=1S/C28H24F2N2O2/c1-34-24-15-9-20(10-16-24)28(33)32-27(19-7-13-23(30)14-8-19)25-4-2-3-21(26(25)31-32)17-18-5-11-22(29)12-6-18/h5-17,25,27H,2-4H2,1H3/b21-17+. The van der Waals surface area contributed by atoms with Gasteiger partial charge in [-0.2, -0.15) is 5.10 Å². The zero-order chi connectivity index (χ0) is 23.7. The summed E-state index contributed by atoms with van der Waals surface area (Å²) in [6.07, 6.45) is 4.66. The lowest BCUT2D eigenvalue weighted by Gasteiger charge is -2.29. The van der Waals surface area contributed by atoms with Gasteiger partial charge in [0, 0.05) is 11.5 Å². The molecule has 172 valence electrons. The number of methoxy groups -OCH3 is 1. The first kappa shape index (κ1) is 22.0. The van der Waals surface area contributed by atoms with E-state index in [4.69, 9.17) is 9.84 Å². The molecule has 0 saturated heterocycles. The van der Waals surface area contributed by atoms with E-state index in [9.17, 15) is 13.6 Å². The third-order valence-electron chi connectivity index (χ3n) is 6.47.